The lowest BCUT2D eigenvalue weighted by atomic mass is 9.85. The van der Waals surface area contributed by atoms with E-state index in [1.54, 1.807) is 32.4 Å². The van der Waals surface area contributed by atoms with Gasteiger partial charge in [-0.15, -0.1) is 0 Å². The molecule has 0 unspecified atom stereocenters. The van der Waals surface area contributed by atoms with E-state index in [9.17, 15) is 14.7 Å². The summed E-state index contributed by atoms with van der Waals surface area (Å²) in [6.07, 6.45) is 3.22. The summed E-state index contributed by atoms with van der Waals surface area (Å²) >= 11 is 0. The van der Waals surface area contributed by atoms with Crippen LogP contribution in [0, 0.1) is 5.41 Å². The molecule has 0 spiro atoms. The molecule has 152 valence electrons. The molecule has 3 aromatic rings. The summed E-state index contributed by atoms with van der Waals surface area (Å²) in [6, 6.07) is 8.96. The van der Waals surface area contributed by atoms with Crippen molar-refractivity contribution in [3.8, 4) is 16.9 Å². The molecule has 29 heavy (non-hydrogen) atoms. The van der Waals surface area contributed by atoms with Crippen LogP contribution in [0.2, 0.25) is 0 Å². The smallest absolute Gasteiger partial charge is 0.311 e. The van der Waals surface area contributed by atoms with Gasteiger partial charge in [0.05, 0.1) is 35.5 Å². The molecule has 0 saturated heterocycles. The summed E-state index contributed by atoms with van der Waals surface area (Å²) in [5.74, 6) is -0.841. The fourth-order valence-electron chi connectivity index (χ4n) is 2.92. The maximum Gasteiger partial charge on any atom is 0.311 e. The van der Waals surface area contributed by atoms with E-state index in [0.717, 1.165) is 16.9 Å². The highest BCUT2D eigenvalue weighted by Crippen LogP contribution is 2.32. The molecule has 0 radical (unpaired) electrons. The number of methoxy groups -OCH3 is 1. The molecule has 8 nitrogen and oxygen atoms in total. The largest absolute Gasteiger partial charge is 0.497 e. The first kappa shape index (κ1) is 20.2. The molecule has 1 atom stereocenters. The Kier molecular flexibility index (Phi) is 5.19. The molecule has 0 bridgehead atoms. The zero-order valence-corrected chi connectivity index (χ0v) is 16.8. The number of hydrogen-bond donors (Lipinski definition) is 3. The molecule has 3 rings (SSSR count). The average Bonchev–Trinajstić information content (AvgIpc) is 3.12. The van der Waals surface area contributed by atoms with Gasteiger partial charge in [-0.05, 0) is 44.5 Å². The SMILES string of the molecule is COc1ccc(-c2cc3c(N[C@H](C)C(C)(C)C(=O)O)c(C(N)=O)cnn3c2)cc1. The van der Waals surface area contributed by atoms with Gasteiger partial charge < -0.3 is 20.9 Å². The Morgan fingerprint density at radius 3 is 2.45 bits per heavy atom. The van der Waals surface area contributed by atoms with Crippen molar-refractivity contribution < 1.29 is 19.4 Å². The van der Waals surface area contributed by atoms with E-state index >= 15 is 0 Å². The van der Waals surface area contributed by atoms with Crippen LogP contribution in [-0.2, 0) is 4.79 Å². The minimum atomic E-state index is -1.07. The molecule has 8 heteroatoms. The third-order valence-corrected chi connectivity index (χ3v) is 5.32. The Bertz CT molecular complexity index is 1070. The summed E-state index contributed by atoms with van der Waals surface area (Å²) in [5.41, 5.74) is 7.58. The molecule has 0 aliphatic rings. The van der Waals surface area contributed by atoms with Crippen molar-refractivity contribution in [2.24, 2.45) is 11.1 Å². The van der Waals surface area contributed by atoms with Gasteiger partial charge in [-0.2, -0.15) is 5.10 Å². The van der Waals surface area contributed by atoms with Crippen LogP contribution in [-0.4, -0.2) is 39.7 Å². The van der Waals surface area contributed by atoms with E-state index in [1.165, 1.54) is 6.20 Å². The normalized spacial score (nSPS) is 12.6. The van der Waals surface area contributed by atoms with Crippen LogP contribution in [0.15, 0.2) is 42.7 Å². The van der Waals surface area contributed by atoms with Crippen molar-refractivity contribution in [1.82, 2.24) is 9.61 Å². The standard InChI is InChI=1S/C21H24N4O4/c1-12(21(2,3)20(27)28)24-18-16(19(22)26)10-23-25-11-14(9-17(18)25)13-5-7-15(29-4)8-6-13/h5-12,24H,1-4H3,(H2,22,26)(H,27,28)/t12-/m1/s1. The fraction of sp³-hybridized carbons (Fsp3) is 0.286. The van der Waals surface area contributed by atoms with Gasteiger partial charge in [-0.1, -0.05) is 12.1 Å². The van der Waals surface area contributed by atoms with Crippen LogP contribution in [0.4, 0.5) is 5.69 Å². The van der Waals surface area contributed by atoms with E-state index < -0.39 is 23.3 Å². The van der Waals surface area contributed by atoms with Crippen LogP contribution in [0.25, 0.3) is 16.6 Å². The second kappa shape index (κ2) is 7.46. The molecular formula is C21H24N4O4. The van der Waals surface area contributed by atoms with Gasteiger partial charge in [-0.3, -0.25) is 9.59 Å². The van der Waals surface area contributed by atoms with Crippen molar-refractivity contribution in [3.05, 3.63) is 48.3 Å². The minimum absolute atomic E-state index is 0.199. The topological polar surface area (TPSA) is 119 Å². The van der Waals surface area contributed by atoms with Gasteiger partial charge in [0.25, 0.3) is 5.91 Å². The zero-order chi connectivity index (χ0) is 21.3. The predicted molar refractivity (Wildman–Crippen MR) is 110 cm³/mol. The van der Waals surface area contributed by atoms with E-state index in [2.05, 4.69) is 10.4 Å². The van der Waals surface area contributed by atoms with Crippen LogP contribution in [0.1, 0.15) is 31.1 Å². The van der Waals surface area contributed by atoms with Gasteiger partial charge in [0.1, 0.15) is 5.75 Å². The maximum atomic E-state index is 12.0. The Balaban J connectivity index is 2.10. The number of anilines is 1. The molecule has 1 amide bonds. The van der Waals surface area contributed by atoms with Crippen molar-refractivity contribution in [2.75, 3.05) is 12.4 Å². The molecule has 0 fully saturated rings. The number of aliphatic carboxylic acids is 1. The van der Waals surface area contributed by atoms with Crippen LogP contribution >= 0.6 is 0 Å². The van der Waals surface area contributed by atoms with Gasteiger partial charge in [0, 0.05) is 17.8 Å². The molecule has 2 aromatic heterocycles. The molecule has 0 aliphatic carbocycles. The van der Waals surface area contributed by atoms with Gasteiger partial charge >= 0.3 is 5.97 Å². The summed E-state index contributed by atoms with van der Waals surface area (Å²) < 4.78 is 6.83. The number of hydrogen-bond acceptors (Lipinski definition) is 5. The Hall–Kier alpha value is -3.55. The molecular weight excluding hydrogens is 372 g/mol. The van der Waals surface area contributed by atoms with Crippen molar-refractivity contribution in [3.63, 3.8) is 0 Å². The van der Waals surface area contributed by atoms with Crippen LogP contribution in [0.5, 0.6) is 5.75 Å². The lowest BCUT2D eigenvalue weighted by Crippen LogP contribution is -2.40. The van der Waals surface area contributed by atoms with E-state index in [-0.39, 0.29) is 5.56 Å². The fourth-order valence-corrected chi connectivity index (χ4v) is 2.92. The summed E-state index contributed by atoms with van der Waals surface area (Å²) in [4.78, 5) is 23.6. The number of fused-ring (bicyclic) bond motifs is 1. The lowest BCUT2D eigenvalue weighted by molar-refractivity contribution is -0.147. The molecule has 1 aromatic carbocycles. The average molecular weight is 396 g/mol. The first-order valence-electron chi connectivity index (χ1n) is 9.10. The minimum Gasteiger partial charge on any atom is -0.497 e. The highest BCUT2D eigenvalue weighted by molar-refractivity contribution is 6.02. The van der Waals surface area contributed by atoms with Crippen molar-refractivity contribution >= 4 is 23.1 Å². The lowest BCUT2D eigenvalue weighted by Gasteiger charge is -2.29. The van der Waals surface area contributed by atoms with Gasteiger partial charge in [0.15, 0.2) is 0 Å². The third kappa shape index (κ3) is 3.73. The Morgan fingerprint density at radius 1 is 1.24 bits per heavy atom. The molecule has 4 N–H and O–H groups in total. The molecule has 2 heterocycles. The number of aromatic nitrogens is 2. The predicted octanol–water partition coefficient (Wildman–Crippen LogP) is 3.02. The second-order valence-corrected chi connectivity index (χ2v) is 7.48. The molecule has 0 aliphatic heterocycles. The first-order valence-corrected chi connectivity index (χ1v) is 9.10. The number of carbonyl (C=O) groups excluding carboxylic acids is 1. The first-order chi connectivity index (χ1) is 13.6. The number of carboxylic acids is 1. The Labute approximate surface area is 168 Å². The number of nitrogens with one attached hydrogen (secondary N) is 1. The van der Waals surface area contributed by atoms with Crippen molar-refractivity contribution in [1.29, 1.82) is 0 Å². The van der Waals surface area contributed by atoms with Crippen LogP contribution in [0.3, 0.4) is 0 Å². The maximum absolute atomic E-state index is 12.0. The number of carboxylic acid groups (broad SMARTS) is 1. The number of ether oxygens (including phenoxy) is 1. The number of nitrogens with two attached hydrogens (primary N) is 1. The number of amides is 1. The molecule has 0 saturated carbocycles. The van der Waals surface area contributed by atoms with E-state index in [4.69, 9.17) is 10.5 Å². The number of carbonyl (C=O) groups is 2. The number of primary amides is 1. The van der Waals surface area contributed by atoms with E-state index in [1.807, 2.05) is 36.5 Å². The summed E-state index contributed by atoms with van der Waals surface area (Å²) in [5, 5.41) is 17.0. The zero-order valence-electron chi connectivity index (χ0n) is 16.8. The number of rotatable bonds is 7. The number of nitrogens with zero attached hydrogens (tertiary/aromatic N) is 2. The summed E-state index contributed by atoms with van der Waals surface area (Å²) in [6.45, 7) is 5.00. The van der Waals surface area contributed by atoms with E-state index in [0.29, 0.717) is 11.2 Å². The van der Waals surface area contributed by atoms with Crippen LogP contribution < -0.4 is 15.8 Å². The summed E-state index contributed by atoms with van der Waals surface area (Å²) in [7, 11) is 1.61. The second-order valence-electron chi connectivity index (χ2n) is 7.48. The highest BCUT2D eigenvalue weighted by atomic mass is 16.5. The Morgan fingerprint density at radius 2 is 1.90 bits per heavy atom. The number of benzene rings is 1. The quantitative estimate of drug-likeness (QED) is 0.565. The van der Waals surface area contributed by atoms with Gasteiger partial charge in [0.2, 0.25) is 0 Å². The van der Waals surface area contributed by atoms with Crippen molar-refractivity contribution in [2.45, 2.75) is 26.8 Å². The monoisotopic (exact) mass is 396 g/mol. The highest BCUT2D eigenvalue weighted by Gasteiger charge is 2.35. The van der Waals surface area contributed by atoms with Gasteiger partial charge in [-0.25, -0.2) is 4.52 Å². The third-order valence-electron chi connectivity index (χ3n) is 5.32.